The Morgan fingerprint density at radius 3 is 2.41 bits per heavy atom. The second kappa shape index (κ2) is 9.41. The molecule has 0 bridgehead atoms. The van der Waals surface area contributed by atoms with Crippen LogP contribution in [0.4, 0.5) is 0 Å². The highest BCUT2D eigenvalue weighted by atomic mass is 35.5. The summed E-state index contributed by atoms with van der Waals surface area (Å²) in [6.45, 7) is 3.59. The van der Waals surface area contributed by atoms with E-state index in [1.165, 1.54) is 10.5 Å². The molecule has 0 spiro atoms. The standard InChI is InChI=1S/C22H23ClN4O4S/c1-16-21(15-25-27(16)19-6-4-18(23)5-7-19)22(28)24-14-17-2-8-20(9-3-17)32(29,30)26-10-12-31-13-11-26/h2-9,15H,10-14H2,1H3,(H,24,28). The number of nitrogens with one attached hydrogen (secondary N) is 1. The number of benzene rings is 2. The van der Waals surface area contributed by atoms with Crippen LogP contribution in [0.5, 0.6) is 0 Å². The predicted molar refractivity (Wildman–Crippen MR) is 121 cm³/mol. The van der Waals surface area contributed by atoms with Crippen LogP contribution >= 0.6 is 11.6 Å². The Labute approximate surface area is 191 Å². The minimum Gasteiger partial charge on any atom is -0.379 e. The fourth-order valence-electron chi connectivity index (χ4n) is 3.47. The van der Waals surface area contributed by atoms with Crippen molar-refractivity contribution in [3.8, 4) is 5.69 Å². The van der Waals surface area contributed by atoms with Crippen molar-refractivity contribution in [1.29, 1.82) is 0 Å². The van der Waals surface area contributed by atoms with E-state index in [4.69, 9.17) is 16.3 Å². The summed E-state index contributed by atoms with van der Waals surface area (Å²) in [5.74, 6) is -0.257. The number of amides is 1. The number of aromatic nitrogens is 2. The van der Waals surface area contributed by atoms with Gasteiger partial charge in [0.15, 0.2) is 0 Å². The van der Waals surface area contributed by atoms with Gasteiger partial charge < -0.3 is 10.1 Å². The van der Waals surface area contributed by atoms with E-state index in [-0.39, 0.29) is 17.3 Å². The van der Waals surface area contributed by atoms with E-state index in [9.17, 15) is 13.2 Å². The Balaban J connectivity index is 1.41. The lowest BCUT2D eigenvalue weighted by molar-refractivity contribution is 0.0730. The predicted octanol–water partition coefficient (Wildman–Crippen LogP) is 2.79. The summed E-state index contributed by atoms with van der Waals surface area (Å²) < 4.78 is 33.7. The van der Waals surface area contributed by atoms with Gasteiger partial charge in [-0.2, -0.15) is 9.40 Å². The molecule has 1 aliphatic heterocycles. The van der Waals surface area contributed by atoms with Crippen LogP contribution in [0.1, 0.15) is 21.6 Å². The molecule has 1 aliphatic rings. The molecule has 8 nitrogen and oxygen atoms in total. The zero-order valence-electron chi connectivity index (χ0n) is 17.5. The number of rotatable bonds is 6. The van der Waals surface area contributed by atoms with Crippen LogP contribution < -0.4 is 5.32 Å². The molecular formula is C22H23ClN4O4S. The Hall–Kier alpha value is -2.72. The molecular weight excluding hydrogens is 452 g/mol. The molecule has 1 N–H and O–H groups in total. The SMILES string of the molecule is Cc1c(C(=O)NCc2ccc(S(=O)(=O)N3CCOCC3)cc2)cnn1-c1ccc(Cl)cc1. The van der Waals surface area contributed by atoms with Crippen molar-refractivity contribution in [2.24, 2.45) is 0 Å². The van der Waals surface area contributed by atoms with Gasteiger partial charge in [0.25, 0.3) is 5.91 Å². The molecule has 0 unspecified atom stereocenters. The van der Waals surface area contributed by atoms with Gasteiger partial charge in [0.2, 0.25) is 10.0 Å². The van der Waals surface area contributed by atoms with Crippen molar-refractivity contribution >= 4 is 27.5 Å². The lowest BCUT2D eigenvalue weighted by Gasteiger charge is -2.26. The molecule has 10 heteroatoms. The third kappa shape index (κ3) is 4.71. The first-order chi connectivity index (χ1) is 15.4. The molecule has 1 saturated heterocycles. The first-order valence-electron chi connectivity index (χ1n) is 10.1. The fraction of sp³-hybridized carbons (Fsp3) is 0.273. The van der Waals surface area contributed by atoms with E-state index in [1.54, 1.807) is 41.1 Å². The van der Waals surface area contributed by atoms with Gasteiger partial charge >= 0.3 is 0 Å². The minimum absolute atomic E-state index is 0.231. The van der Waals surface area contributed by atoms with Crippen LogP contribution in [0, 0.1) is 6.92 Å². The van der Waals surface area contributed by atoms with E-state index in [2.05, 4.69) is 10.4 Å². The first-order valence-corrected chi connectivity index (χ1v) is 11.9. The largest absolute Gasteiger partial charge is 0.379 e. The van der Waals surface area contributed by atoms with Crippen molar-refractivity contribution in [2.45, 2.75) is 18.4 Å². The number of ether oxygens (including phenoxy) is 1. The van der Waals surface area contributed by atoms with Crippen LogP contribution in [-0.4, -0.2) is 54.7 Å². The van der Waals surface area contributed by atoms with Gasteiger partial charge in [0.05, 0.1) is 41.3 Å². The zero-order valence-corrected chi connectivity index (χ0v) is 19.1. The highest BCUT2D eigenvalue weighted by molar-refractivity contribution is 7.89. The first kappa shape index (κ1) is 22.5. The van der Waals surface area contributed by atoms with Gasteiger partial charge in [-0.15, -0.1) is 0 Å². The van der Waals surface area contributed by atoms with Crippen molar-refractivity contribution in [3.63, 3.8) is 0 Å². The number of hydrogen-bond acceptors (Lipinski definition) is 5. The highest BCUT2D eigenvalue weighted by Crippen LogP contribution is 2.19. The molecule has 2 heterocycles. The smallest absolute Gasteiger partial charge is 0.255 e. The second-order valence-electron chi connectivity index (χ2n) is 7.37. The van der Waals surface area contributed by atoms with E-state index >= 15 is 0 Å². The maximum absolute atomic E-state index is 12.7. The Kier molecular flexibility index (Phi) is 6.61. The monoisotopic (exact) mass is 474 g/mol. The summed E-state index contributed by atoms with van der Waals surface area (Å²) in [5.41, 5.74) is 2.77. The molecule has 0 radical (unpaired) electrons. The zero-order chi connectivity index (χ0) is 22.7. The van der Waals surface area contributed by atoms with Crippen molar-refractivity contribution < 1.29 is 17.9 Å². The molecule has 2 aromatic carbocycles. The Morgan fingerprint density at radius 1 is 1.09 bits per heavy atom. The van der Waals surface area contributed by atoms with E-state index in [0.29, 0.717) is 42.6 Å². The maximum Gasteiger partial charge on any atom is 0.255 e. The Morgan fingerprint density at radius 2 is 1.75 bits per heavy atom. The van der Waals surface area contributed by atoms with E-state index in [0.717, 1.165) is 11.3 Å². The average molecular weight is 475 g/mol. The van der Waals surface area contributed by atoms with Gasteiger partial charge in [0.1, 0.15) is 0 Å². The molecule has 0 atom stereocenters. The average Bonchev–Trinajstić information content (AvgIpc) is 3.20. The van der Waals surface area contributed by atoms with Gasteiger partial charge in [-0.3, -0.25) is 4.79 Å². The van der Waals surface area contributed by atoms with Crippen molar-refractivity contribution in [1.82, 2.24) is 19.4 Å². The summed E-state index contributed by atoms with van der Waals surface area (Å²) in [6.07, 6.45) is 1.53. The van der Waals surface area contributed by atoms with Crippen LogP contribution in [0.15, 0.2) is 59.6 Å². The number of morpholine rings is 1. The van der Waals surface area contributed by atoms with Crippen molar-refractivity contribution in [2.75, 3.05) is 26.3 Å². The summed E-state index contributed by atoms with van der Waals surface area (Å²) in [6, 6.07) is 13.7. The lowest BCUT2D eigenvalue weighted by atomic mass is 10.2. The van der Waals surface area contributed by atoms with Crippen LogP contribution in [0.25, 0.3) is 5.69 Å². The van der Waals surface area contributed by atoms with Gasteiger partial charge in [-0.1, -0.05) is 23.7 Å². The Bertz CT molecular complexity index is 1200. The summed E-state index contributed by atoms with van der Waals surface area (Å²) in [5, 5.41) is 7.79. The maximum atomic E-state index is 12.7. The van der Waals surface area contributed by atoms with Crippen LogP contribution in [0.2, 0.25) is 5.02 Å². The van der Waals surface area contributed by atoms with E-state index < -0.39 is 10.0 Å². The second-order valence-corrected chi connectivity index (χ2v) is 9.75. The molecule has 0 aliphatic carbocycles. The molecule has 3 aromatic rings. The summed E-state index contributed by atoms with van der Waals surface area (Å²) in [7, 11) is -3.54. The van der Waals surface area contributed by atoms with E-state index in [1.807, 2.05) is 19.1 Å². The highest BCUT2D eigenvalue weighted by Gasteiger charge is 2.26. The van der Waals surface area contributed by atoms with Crippen LogP contribution in [-0.2, 0) is 21.3 Å². The number of nitrogens with zero attached hydrogens (tertiary/aromatic N) is 3. The molecule has 1 amide bonds. The van der Waals surface area contributed by atoms with Gasteiger partial charge in [-0.25, -0.2) is 13.1 Å². The number of carbonyl (C=O) groups excluding carboxylic acids is 1. The molecule has 32 heavy (non-hydrogen) atoms. The normalized spacial score (nSPS) is 14.9. The minimum atomic E-state index is -3.54. The molecule has 1 aromatic heterocycles. The third-order valence-electron chi connectivity index (χ3n) is 5.31. The van der Waals surface area contributed by atoms with Crippen LogP contribution in [0.3, 0.4) is 0 Å². The third-order valence-corrected chi connectivity index (χ3v) is 7.47. The lowest BCUT2D eigenvalue weighted by Crippen LogP contribution is -2.40. The topological polar surface area (TPSA) is 93.5 Å². The number of carbonyl (C=O) groups is 1. The number of halogens is 1. The van der Waals surface area contributed by atoms with Crippen molar-refractivity contribution in [3.05, 3.63) is 76.6 Å². The van der Waals surface area contributed by atoms with Gasteiger partial charge in [0, 0.05) is 24.7 Å². The number of hydrogen-bond donors (Lipinski definition) is 1. The molecule has 168 valence electrons. The number of sulfonamides is 1. The molecule has 0 saturated carbocycles. The molecule has 1 fully saturated rings. The fourth-order valence-corrected chi connectivity index (χ4v) is 5.00. The van der Waals surface area contributed by atoms with Gasteiger partial charge in [-0.05, 0) is 48.9 Å². The molecule has 4 rings (SSSR count). The summed E-state index contributed by atoms with van der Waals surface area (Å²) in [4.78, 5) is 12.9. The summed E-state index contributed by atoms with van der Waals surface area (Å²) >= 11 is 5.93. The quantitative estimate of drug-likeness (QED) is 0.593.